The van der Waals surface area contributed by atoms with Crippen LogP contribution in [0.15, 0.2) is 70.8 Å². The van der Waals surface area contributed by atoms with Gasteiger partial charge in [-0.15, -0.1) is 11.3 Å². The lowest BCUT2D eigenvalue weighted by atomic mass is 9.83. The number of pyridine rings is 2. The van der Waals surface area contributed by atoms with Crippen molar-refractivity contribution in [3.8, 4) is 22.4 Å². The summed E-state index contributed by atoms with van der Waals surface area (Å²) >= 11 is 1.84. The van der Waals surface area contributed by atoms with Crippen LogP contribution in [0.5, 0.6) is 0 Å². The molecular formula is C33H32N2OS. The van der Waals surface area contributed by atoms with Gasteiger partial charge in [0.05, 0.1) is 22.9 Å². The lowest BCUT2D eigenvalue weighted by Crippen LogP contribution is -2.12. The summed E-state index contributed by atoms with van der Waals surface area (Å²) in [4.78, 5) is 9.69. The molecule has 6 aromatic rings. The van der Waals surface area contributed by atoms with Crippen LogP contribution in [0.25, 0.3) is 54.5 Å². The summed E-state index contributed by atoms with van der Waals surface area (Å²) in [6, 6.07) is 17.7. The second kappa shape index (κ2) is 8.81. The number of fused-ring (bicyclic) bond motifs is 3. The first-order valence-corrected chi connectivity index (χ1v) is 13.9. The van der Waals surface area contributed by atoms with E-state index in [-0.39, 0.29) is 5.41 Å². The molecular weight excluding hydrogens is 472 g/mol. The minimum atomic E-state index is -0.0244. The largest absolute Gasteiger partial charge is 0.446 e. The first kappa shape index (κ1) is 23.9. The van der Waals surface area contributed by atoms with Gasteiger partial charge in [-0.2, -0.15) is 0 Å². The summed E-state index contributed by atoms with van der Waals surface area (Å²) in [7, 11) is 0. The zero-order valence-electron chi connectivity index (χ0n) is 22.3. The second-order valence-electron chi connectivity index (χ2n) is 11.6. The van der Waals surface area contributed by atoms with Crippen LogP contribution >= 0.6 is 11.3 Å². The molecule has 2 aromatic carbocycles. The van der Waals surface area contributed by atoms with Crippen LogP contribution in [0.1, 0.15) is 51.3 Å². The van der Waals surface area contributed by atoms with Crippen molar-refractivity contribution < 1.29 is 4.42 Å². The molecule has 0 fully saturated rings. The van der Waals surface area contributed by atoms with Crippen molar-refractivity contribution in [2.45, 2.75) is 53.4 Å². The molecule has 0 unspecified atom stereocenters. The summed E-state index contributed by atoms with van der Waals surface area (Å²) in [6.07, 6.45) is 4.79. The normalized spacial score (nSPS) is 12.4. The molecule has 4 heterocycles. The first-order valence-electron chi connectivity index (χ1n) is 13.0. The number of rotatable bonds is 4. The molecule has 0 atom stereocenters. The quantitative estimate of drug-likeness (QED) is 0.240. The van der Waals surface area contributed by atoms with E-state index in [1.165, 1.54) is 32.2 Å². The molecule has 0 aliphatic rings. The van der Waals surface area contributed by atoms with Crippen LogP contribution in [0.4, 0.5) is 0 Å². The molecule has 0 bridgehead atoms. The summed E-state index contributed by atoms with van der Waals surface area (Å²) < 4.78 is 7.29. The predicted octanol–water partition coefficient (Wildman–Crippen LogP) is 9.73. The topological polar surface area (TPSA) is 38.9 Å². The zero-order chi connectivity index (χ0) is 25.9. The number of hydrogen-bond donors (Lipinski definition) is 0. The number of hydrogen-bond acceptors (Lipinski definition) is 4. The van der Waals surface area contributed by atoms with Gasteiger partial charge in [0, 0.05) is 21.8 Å². The fraction of sp³-hybridized carbons (Fsp3) is 0.273. The number of thiophene rings is 1. The average Bonchev–Trinajstić information content (AvgIpc) is 3.44. The van der Waals surface area contributed by atoms with E-state index in [1.54, 1.807) is 0 Å². The van der Waals surface area contributed by atoms with E-state index < -0.39 is 0 Å². The van der Waals surface area contributed by atoms with Gasteiger partial charge in [0.15, 0.2) is 0 Å². The Balaban J connectivity index is 1.57. The highest BCUT2D eigenvalue weighted by Crippen LogP contribution is 2.40. The lowest BCUT2D eigenvalue weighted by molar-refractivity contribution is 0.596. The van der Waals surface area contributed by atoms with Gasteiger partial charge < -0.3 is 4.42 Å². The molecule has 0 saturated carbocycles. The second-order valence-corrected chi connectivity index (χ2v) is 12.5. The molecule has 0 radical (unpaired) electrons. The molecule has 0 amide bonds. The minimum absolute atomic E-state index is 0.0244. The average molecular weight is 505 g/mol. The van der Waals surface area contributed by atoms with E-state index in [0.29, 0.717) is 11.6 Å². The Kier molecular flexibility index (Phi) is 5.68. The highest BCUT2D eigenvalue weighted by atomic mass is 32.1. The van der Waals surface area contributed by atoms with Crippen LogP contribution in [-0.4, -0.2) is 9.97 Å². The van der Waals surface area contributed by atoms with E-state index >= 15 is 0 Å². The van der Waals surface area contributed by atoms with Crippen LogP contribution < -0.4 is 0 Å². The fourth-order valence-electron chi connectivity index (χ4n) is 5.37. The van der Waals surface area contributed by atoms with Crippen molar-refractivity contribution in [3.05, 3.63) is 83.1 Å². The van der Waals surface area contributed by atoms with Crippen molar-refractivity contribution in [2.75, 3.05) is 0 Å². The van der Waals surface area contributed by atoms with Crippen LogP contribution in [-0.2, 0) is 11.8 Å². The SMILES string of the molecule is Cc1coc2nc(-c3cc(C(C)(C)C)c4cccnc4c3)cc(-c3ccc4c(CC(C)C)csc4c3)c12. The summed E-state index contributed by atoms with van der Waals surface area (Å²) in [5, 5.41) is 5.96. The Morgan fingerprint density at radius 1 is 0.973 bits per heavy atom. The third-order valence-electron chi connectivity index (χ3n) is 7.15. The predicted molar refractivity (Wildman–Crippen MR) is 158 cm³/mol. The molecule has 0 aliphatic carbocycles. The van der Waals surface area contributed by atoms with Gasteiger partial charge >= 0.3 is 0 Å². The van der Waals surface area contributed by atoms with Crippen molar-refractivity contribution in [3.63, 3.8) is 0 Å². The maximum Gasteiger partial charge on any atom is 0.227 e. The number of aromatic nitrogens is 2. The third-order valence-corrected chi connectivity index (χ3v) is 8.14. The maximum atomic E-state index is 5.97. The zero-order valence-corrected chi connectivity index (χ0v) is 23.2. The Morgan fingerprint density at radius 2 is 1.81 bits per heavy atom. The number of nitrogens with zero attached hydrogens (tertiary/aromatic N) is 2. The monoisotopic (exact) mass is 504 g/mol. The molecule has 0 saturated heterocycles. The molecule has 0 spiro atoms. The van der Waals surface area contributed by atoms with E-state index in [0.717, 1.165) is 39.7 Å². The molecule has 3 nitrogen and oxygen atoms in total. The van der Waals surface area contributed by atoms with Gasteiger partial charge in [-0.1, -0.05) is 52.8 Å². The smallest absolute Gasteiger partial charge is 0.227 e. The van der Waals surface area contributed by atoms with Crippen LogP contribution in [0.3, 0.4) is 0 Å². The minimum Gasteiger partial charge on any atom is -0.446 e. The van der Waals surface area contributed by atoms with Crippen molar-refractivity contribution >= 4 is 43.4 Å². The van der Waals surface area contributed by atoms with Gasteiger partial charge in [-0.05, 0) is 93.6 Å². The highest BCUT2D eigenvalue weighted by molar-refractivity contribution is 7.17. The Hall–Kier alpha value is -3.50. The number of benzene rings is 2. The van der Waals surface area contributed by atoms with Gasteiger partial charge in [0.2, 0.25) is 5.71 Å². The van der Waals surface area contributed by atoms with E-state index in [9.17, 15) is 0 Å². The summed E-state index contributed by atoms with van der Waals surface area (Å²) in [5.74, 6) is 0.642. The third kappa shape index (κ3) is 4.23. The molecule has 4 heteroatoms. The van der Waals surface area contributed by atoms with Crippen LogP contribution in [0, 0.1) is 12.8 Å². The number of furan rings is 1. The van der Waals surface area contributed by atoms with E-state index in [1.807, 2.05) is 29.9 Å². The molecule has 4 aromatic heterocycles. The van der Waals surface area contributed by atoms with Gasteiger partial charge in [-0.25, -0.2) is 4.98 Å². The number of aryl methyl sites for hydroxylation is 1. The molecule has 6 rings (SSSR count). The van der Waals surface area contributed by atoms with E-state index in [4.69, 9.17) is 14.4 Å². The molecule has 37 heavy (non-hydrogen) atoms. The fourth-order valence-corrected chi connectivity index (χ4v) is 6.38. The molecule has 0 N–H and O–H groups in total. The maximum absolute atomic E-state index is 5.97. The Bertz CT molecular complexity index is 1780. The van der Waals surface area contributed by atoms with Crippen LogP contribution in [0.2, 0.25) is 0 Å². The van der Waals surface area contributed by atoms with Gasteiger partial charge in [-0.3, -0.25) is 4.98 Å². The highest BCUT2D eigenvalue weighted by Gasteiger charge is 2.21. The first-order chi connectivity index (χ1) is 17.7. The summed E-state index contributed by atoms with van der Waals surface area (Å²) in [5.41, 5.74) is 9.77. The van der Waals surface area contributed by atoms with Crippen molar-refractivity contribution in [1.82, 2.24) is 9.97 Å². The molecule has 0 aliphatic heterocycles. The molecule has 186 valence electrons. The van der Waals surface area contributed by atoms with Crippen molar-refractivity contribution in [1.29, 1.82) is 0 Å². The van der Waals surface area contributed by atoms with Crippen molar-refractivity contribution in [2.24, 2.45) is 5.92 Å². The standard InChI is InChI=1S/C33H32N2OS/c1-19(2)12-23-18-37-30-15-21(9-10-24(23)30)26-16-28(35-32-31(26)20(3)17-36-32)22-13-27(33(4,5)6)25-8-7-11-34-29(25)14-22/h7-11,13-19H,12H2,1-6H3. The Labute approximate surface area is 222 Å². The van der Waals surface area contributed by atoms with E-state index in [2.05, 4.69) is 89.4 Å². The van der Waals surface area contributed by atoms with Gasteiger partial charge in [0.1, 0.15) is 0 Å². The lowest BCUT2D eigenvalue weighted by Gasteiger charge is -2.22. The Morgan fingerprint density at radius 3 is 2.59 bits per heavy atom. The van der Waals surface area contributed by atoms with Gasteiger partial charge in [0.25, 0.3) is 0 Å². The summed E-state index contributed by atoms with van der Waals surface area (Å²) in [6.45, 7) is 13.4.